The van der Waals surface area contributed by atoms with Crippen molar-refractivity contribution in [3.8, 4) is 17.3 Å². The van der Waals surface area contributed by atoms with E-state index in [-0.39, 0.29) is 30.5 Å². The van der Waals surface area contributed by atoms with Gasteiger partial charge in [-0.05, 0) is 12.1 Å². The van der Waals surface area contributed by atoms with Crippen LogP contribution in [-0.4, -0.2) is 101 Å². The lowest BCUT2D eigenvalue weighted by atomic mass is 10.2. The lowest BCUT2D eigenvalue weighted by Crippen LogP contribution is -2.48. The highest BCUT2D eigenvalue weighted by atomic mass is 19.1. The number of piperazine rings is 1. The molecule has 1 aromatic carbocycles. The molecule has 0 amide bonds. The quantitative estimate of drug-likeness (QED) is 0.327. The number of ether oxygens (including phenoxy) is 1. The first kappa shape index (κ1) is 26.1. The highest BCUT2D eigenvalue weighted by Crippen LogP contribution is 2.30. The average molecular weight is 559 g/mol. The zero-order valence-corrected chi connectivity index (χ0v) is 21.8. The monoisotopic (exact) mass is 558 g/mol. The molecule has 0 spiro atoms. The number of alkyl halides is 1. The normalized spacial score (nSPS) is 19.9. The molecule has 4 aromatic rings. The maximum absolute atomic E-state index is 14.7. The van der Waals surface area contributed by atoms with Gasteiger partial charge in [0.1, 0.15) is 11.9 Å². The number of hydrogen-bond acceptors (Lipinski definition) is 11. The first-order chi connectivity index (χ1) is 19.4. The molecule has 6 rings (SSSR count). The van der Waals surface area contributed by atoms with Crippen LogP contribution in [0.1, 0.15) is 0 Å². The molecule has 15 heteroatoms. The van der Waals surface area contributed by atoms with Crippen molar-refractivity contribution in [2.45, 2.75) is 12.3 Å². The van der Waals surface area contributed by atoms with Crippen molar-refractivity contribution in [1.29, 1.82) is 0 Å². The molecule has 2 atom stereocenters. The van der Waals surface area contributed by atoms with Gasteiger partial charge < -0.3 is 30.0 Å². The van der Waals surface area contributed by atoms with Crippen molar-refractivity contribution in [2.24, 2.45) is 0 Å². The third kappa shape index (κ3) is 5.21. The number of nitrogen functional groups attached to an aromatic ring is 1. The summed E-state index contributed by atoms with van der Waals surface area (Å²) in [6, 6.07) is 5.63. The molecule has 212 valence electrons. The summed E-state index contributed by atoms with van der Waals surface area (Å²) >= 11 is 0. The molecule has 2 saturated heterocycles. The molecule has 0 unspecified atom stereocenters. The highest BCUT2D eigenvalue weighted by molar-refractivity contribution is 5.54. The van der Waals surface area contributed by atoms with Crippen molar-refractivity contribution in [2.75, 3.05) is 74.9 Å². The largest absolute Gasteiger partial charge is 0.483 e. The SMILES string of the molecule is CN(CCN1CCN(c2cc(O[C@@H]3CNC[C@@H]3F)c(F)cc2F)CC1)c1nc(N)n2nc(-c3ccco3)nc2n1. The number of nitrogens with zero attached hydrogens (tertiary/aromatic N) is 8. The predicted molar refractivity (Wildman–Crippen MR) is 141 cm³/mol. The second-order valence-electron chi connectivity index (χ2n) is 9.82. The van der Waals surface area contributed by atoms with E-state index in [0.717, 1.165) is 6.07 Å². The van der Waals surface area contributed by atoms with Crippen LogP contribution >= 0.6 is 0 Å². The molecular formula is C25H29F3N10O2. The maximum atomic E-state index is 14.7. The van der Waals surface area contributed by atoms with Gasteiger partial charge in [0.05, 0.1) is 12.0 Å². The molecule has 2 aliphatic heterocycles. The Morgan fingerprint density at radius 1 is 1.12 bits per heavy atom. The third-order valence-corrected chi connectivity index (χ3v) is 7.14. The summed E-state index contributed by atoms with van der Waals surface area (Å²) in [6.07, 6.45) is -0.507. The van der Waals surface area contributed by atoms with E-state index in [1.54, 1.807) is 12.1 Å². The van der Waals surface area contributed by atoms with Crippen molar-refractivity contribution in [3.05, 3.63) is 42.2 Å². The van der Waals surface area contributed by atoms with Crippen LogP contribution in [-0.2, 0) is 0 Å². The van der Waals surface area contributed by atoms with Gasteiger partial charge >= 0.3 is 0 Å². The predicted octanol–water partition coefficient (Wildman–Crippen LogP) is 1.59. The summed E-state index contributed by atoms with van der Waals surface area (Å²) in [7, 11) is 1.86. The van der Waals surface area contributed by atoms with Crippen LogP contribution in [0.2, 0.25) is 0 Å². The zero-order chi connectivity index (χ0) is 27.8. The van der Waals surface area contributed by atoms with Crippen LogP contribution in [0, 0.1) is 11.6 Å². The van der Waals surface area contributed by atoms with Crippen LogP contribution in [0.15, 0.2) is 34.9 Å². The van der Waals surface area contributed by atoms with E-state index in [0.29, 0.717) is 62.6 Å². The second kappa shape index (κ2) is 10.8. The van der Waals surface area contributed by atoms with E-state index in [2.05, 4.69) is 30.3 Å². The Kier molecular flexibility index (Phi) is 7.06. The lowest BCUT2D eigenvalue weighted by Gasteiger charge is -2.37. The fraction of sp³-hybridized carbons (Fsp3) is 0.440. The van der Waals surface area contributed by atoms with E-state index < -0.39 is 23.9 Å². The maximum Gasteiger partial charge on any atom is 0.259 e. The number of furan rings is 1. The minimum Gasteiger partial charge on any atom is -0.483 e. The van der Waals surface area contributed by atoms with Gasteiger partial charge in [0.2, 0.25) is 17.7 Å². The number of anilines is 3. The fourth-order valence-electron chi connectivity index (χ4n) is 4.83. The molecule has 5 heterocycles. The fourth-order valence-corrected chi connectivity index (χ4v) is 4.83. The number of rotatable bonds is 8. The minimum atomic E-state index is -1.24. The van der Waals surface area contributed by atoms with Crippen molar-refractivity contribution in [3.63, 3.8) is 0 Å². The van der Waals surface area contributed by atoms with Gasteiger partial charge in [-0.1, -0.05) is 0 Å². The van der Waals surface area contributed by atoms with Gasteiger partial charge in [-0.3, -0.25) is 4.90 Å². The van der Waals surface area contributed by atoms with Gasteiger partial charge in [0, 0.05) is 71.5 Å². The van der Waals surface area contributed by atoms with Crippen molar-refractivity contribution >= 4 is 23.4 Å². The number of nitrogens with one attached hydrogen (secondary N) is 1. The summed E-state index contributed by atoms with van der Waals surface area (Å²) in [5.41, 5.74) is 6.35. The molecule has 40 heavy (non-hydrogen) atoms. The number of benzene rings is 1. The number of aromatic nitrogens is 5. The minimum absolute atomic E-state index is 0.142. The Hall–Kier alpha value is -4.11. The number of likely N-dealkylation sites (N-methyl/N-ethyl adjacent to an activating group) is 1. The molecule has 2 fully saturated rings. The van der Waals surface area contributed by atoms with Gasteiger partial charge in [0.25, 0.3) is 5.78 Å². The number of fused-ring (bicyclic) bond motifs is 1. The Labute approximate surface area is 227 Å². The first-order valence-corrected chi connectivity index (χ1v) is 13.0. The molecule has 12 nitrogen and oxygen atoms in total. The Morgan fingerprint density at radius 2 is 1.95 bits per heavy atom. The van der Waals surface area contributed by atoms with Gasteiger partial charge in [-0.15, -0.1) is 5.10 Å². The van der Waals surface area contributed by atoms with Crippen molar-refractivity contribution in [1.82, 2.24) is 34.8 Å². The second-order valence-corrected chi connectivity index (χ2v) is 9.82. The Bertz CT molecular complexity index is 1480. The molecule has 0 bridgehead atoms. The molecule has 3 aromatic heterocycles. The summed E-state index contributed by atoms with van der Waals surface area (Å²) < 4.78 is 55.2. The first-order valence-electron chi connectivity index (χ1n) is 13.0. The summed E-state index contributed by atoms with van der Waals surface area (Å²) in [6.45, 7) is 4.14. The Morgan fingerprint density at radius 3 is 2.67 bits per heavy atom. The van der Waals surface area contributed by atoms with Crippen LogP contribution < -0.4 is 25.6 Å². The van der Waals surface area contributed by atoms with Crippen molar-refractivity contribution < 1.29 is 22.3 Å². The van der Waals surface area contributed by atoms with Crippen LogP contribution in [0.4, 0.5) is 30.8 Å². The van der Waals surface area contributed by atoms with E-state index >= 15 is 0 Å². The van der Waals surface area contributed by atoms with E-state index in [1.165, 1.54) is 16.8 Å². The number of hydrogen-bond donors (Lipinski definition) is 2. The average Bonchev–Trinajstić information content (AvgIpc) is 3.71. The van der Waals surface area contributed by atoms with Gasteiger partial charge in [0.15, 0.2) is 23.5 Å². The highest BCUT2D eigenvalue weighted by Gasteiger charge is 2.30. The van der Waals surface area contributed by atoms with Crippen LogP contribution in [0.5, 0.6) is 5.75 Å². The van der Waals surface area contributed by atoms with Crippen LogP contribution in [0.3, 0.4) is 0 Å². The van der Waals surface area contributed by atoms with E-state index in [9.17, 15) is 13.2 Å². The molecule has 0 saturated carbocycles. The topological polar surface area (TPSA) is 126 Å². The Balaban J connectivity index is 1.06. The van der Waals surface area contributed by atoms with Crippen LogP contribution in [0.25, 0.3) is 17.4 Å². The number of halogens is 3. The summed E-state index contributed by atoms with van der Waals surface area (Å²) in [5, 5.41) is 7.17. The van der Waals surface area contributed by atoms with Gasteiger partial charge in [-0.2, -0.15) is 19.5 Å². The molecule has 0 radical (unpaired) electrons. The lowest BCUT2D eigenvalue weighted by molar-refractivity contribution is 0.134. The molecular weight excluding hydrogens is 529 g/mol. The molecule has 3 N–H and O–H groups in total. The smallest absolute Gasteiger partial charge is 0.259 e. The molecule has 2 aliphatic rings. The van der Waals surface area contributed by atoms with E-state index in [4.69, 9.17) is 14.9 Å². The zero-order valence-electron chi connectivity index (χ0n) is 21.8. The standard InChI is InChI=1S/C25H29F3N10O2/c1-35(24-32-23(29)38-25(33-24)31-22(34-38)19-3-2-10-39-19)4-5-36-6-8-37(9-7-36)18-12-20(16(27)11-15(18)26)40-21-14-30-13-17(21)28/h2-3,10-12,17,21,30H,4-9,13-14H2,1H3,(H2,29,31,32,33,34)/t17-,21+/m0/s1. The summed E-state index contributed by atoms with van der Waals surface area (Å²) in [4.78, 5) is 19.2. The van der Waals surface area contributed by atoms with Gasteiger partial charge in [-0.25, -0.2) is 13.2 Å². The third-order valence-electron chi connectivity index (χ3n) is 7.14. The summed E-state index contributed by atoms with van der Waals surface area (Å²) in [5.74, 6) is 0.0873. The number of nitrogens with two attached hydrogens (primary N) is 1. The van der Waals surface area contributed by atoms with E-state index in [1.807, 2.05) is 16.8 Å². The molecule has 0 aliphatic carbocycles.